The van der Waals surface area contributed by atoms with Gasteiger partial charge >= 0.3 is 0 Å². The van der Waals surface area contributed by atoms with Crippen molar-refractivity contribution >= 4 is 34.2 Å². The zero-order chi connectivity index (χ0) is 18.3. The summed E-state index contributed by atoms with van der Waals surface area (Å²) in [5.41, 5.74) is 7.16. The number of nitrogens with two attached hydrogens (primary N) is 1. The largest absolute Gasteiger partial charge is 0.388 e. The number of nitrogens with one attached hydrogen (secondary N) is 1. The van der Waals surface area contributed by atoms with E-state index in [1.807, 2.05) is 0 Å². The van der Waals surface area contributed by atoms with Gasteiger partial charge in [-0.25, -0.2) is 14.4 Å². The van der Waals surface area contributed by atoms with E-state index in [1.54, 1.807) is 6.20 Å². The number of aromatic nitrogens is 4. The maximum atomic E-state index is 13.8. The Hall–Kier alpha value is -2.03. The van der Waals surface area contributed by atoms with Crippen molar-refractivity contribution in [1.29, 1.82) is 0 Å². The molecule has 1 aliphatic heterocycles. The van der Waals surface area contributed by atoms with Gasteiger partial charge in [-0.1, -0.05) is 11.6 Å². The smallest absolute Gasteiger partial charge is 0.202 e. The Bertz CT molecular complexity index is 900. The molecule has 2 aromatic heterocycles. The molecule has 0 spiro atoms. The molecule has 26 heavy (non-hydrogen) atoms. The number of halogens is 2. The van der Waals surface area contributed by atoms with Crippen LogP contribution in [0.2, 0.25) is 0 Å². The lowest BCUT2D eigenvalue weighted by molar-refractivity contribution is 0.0249. The first kappa shape index (κ1) is 17.4. The van der Waals surface area contributed by atoms with E-state index in [0.717, 1.165) is 0 Å². The van der Waals surface area contributed by atoms with Crippen LogP contribution in [0.15, 0.2) is 23.1 Å². The molecular formula is C17H20ClFN6O. The molecule has 0 radical (unpaired) electrons. The van der Waals surface area contributed by atoms with E-state index in [1.165, 1.54) is 6.08 Å². The lowest BCUT2D eigenvalue weighted by atomic mass is 9.92. The van der Waals surface area contributed by atoms with Gasteiger partial charge in [0.15, 0.2) is 0 Å². The summed E-state index contributed by atoms with van der Waals surface area (Å²) in [6, 6.07) is 0. The SMILES string of the molecule is NCC1(O)CCN(c2cnc3c(C4=C(Cl)C(F)=CCC4)[nH]nc3n2)CC1. The maximum Gasteiger partial charge on any atom is 0.202 e. The minimum Gasteiger partial charge on any atom is -0.388 e. The molecule has 1 saturated heterocycles. The van der Waals surface area contributed by atoms with Crippen molar-refractivity contribution in [3.05, 3.63) is 28.8 Å². The minimum absolute atomic E-state index is 0.102. The fraction of sp³-hybridized carbons (Fsp3) is 0.471. The number of aliphatic hydroxyl groups is 1. The zero-order valence-electron chi connectivity index (χ0n) is 14.2. The molecule has 2 aliphatic rings. The lowest BCUT2D eigenvalue weighted by Crippen LogP contribution is -2.49. The first-order valence-corrected chi connectivity index (χ1v) is 9.02. The van der Waals surface area contributed by atoms with E-state index in [4.69, 9.17) is 17.3 Å². The van der Waals surface area contributed by atoms with Crippen molar-refractivity contribution in [2.45, 2.75) is 31.3 Å². The molecule has 3 heterocycles. The van der Waals surface area contributed by atoms with Gasteiger partial charge in [0.25, 0.3) is 0 Å². The highest BCUT2D eigenvalue weighted by Crippen LogP contribution is 2.36. The van der Waals surface area contributed by atoms with Gasteiger partial charge in [-0.2, -0.15) is 5.10 Å². The average molecular weight is 379 g/mol. The molecule has 1 fully saturated rings. The fourth-order valence-corrected chi connectivity index (χ4v) is 3.69. The second-order valence-electron chi connectivity index (χ2n) is 6.80. The van der Waals surface area contributed by atoms with Crippen LogP contribution in [0.3, 0.4) is 0 Å². The van der Waals surface area contributed by atoms with E-state index in [2.05, 4.69) is 25.1 Å². The van der Waals surface area contributed by atoms with Gasteiger partial charge in [-0.3, -0.25) is 5.10 Å². The lowest BCUT2D eigenvalue weighted by Gasteiger charge is -2.37. The highest BCUT2D eigenvalue weighted by molar-refractivity contribution is 6.35. The second kappa shape index (κ2) is 6.61. The molecule has 0 amide bonds. The molecule has 4 N–H and O–H groups in total. The third-order valence-electron chi connectivity index (χ3n) is 5.14. The van der Waals surface area contributed by atoms with Crippen molar-refractivity contribution < 1.29 is 9.50 Å². The van der Waals surface area contributed by atoms with Gasteiger partial charge < -0.3 is 15.7 Å². The van der Waals surface area contributed by atoms with Gasteiger partial charge in [0.2, 0.25) is 5.65 Å². The molecule has 4 rings (SSSR count). The molecule has 0 bridgehead atoms. The molecule has 0 unspecified atom stereocenters. The van der Waals surface area contributed by atoms with Crippen molar-refractivity contribution in [2.24, 2.45) is 5.73 Å². The molecule has 0 aromatic carbocycles. The van der Waals surface area contributed by atoms with Crippen molar-refractivity contribution in [1.82, 2.24) is 20.2 Å². The summed E-state index contributed by atoms with van der Waals surface area (Å²) >= 11 is 6.12. The van der Waals surface area contributed by atoms with Crippen LogP contribution in [0, 0.1) is 0 Å². The summed E-state index contributed by atoms with van der Waals surface area (Å²) in [4.78, 5) is 11.1. The number of hydrogen-bond donors (Lipinski definition) is 3. The van der Waals surface area contributed by atoms with Crippen LogP contribution in [0.25, 0.3) is 16.7 Å². The number of aromatic amines is 1. The number of allylic oxidation sites excluding steroid dienone is 4. The van der Waals surface area contributed by atoms with Crippen LogP contribution in [-0.4, -0.2) is 50.5 Å². The maximum absolute atomic E-state index is 13.8. The number of piperidine rings is 1. The minimum atomic E-state index is -0.796. The summed E-state index contributed by atoms with van der Waals surface area (Å²) in [6.07, 6.45) is 5.54. The second-order valence-corrected chi connectivity index (χ2v) is 7.18. The fourth-order valence-electron chi connectivity index (χ4n) is 3.43. The van der Waals surface area contributed by atoms with Crippen LogP contribution in [0.1, 0.15) is 31.4 Å². The molecule has 0 saturated carbocycles. The molecule has 0 atom stereocenters. The highest BCUT2D eigenvalue weighted by Gasteiger charge is 2.31. The highest BCUT2D eigenvalue weighted by atomic mass is 35.5. The van der Waals surface area contributed by atoms with Crippen LogP contribution < -0.4 is 10.6 Å². The normalized spacial score (nSPS) is 20.6. The van der Waals surface area contributed by atoms with Crippen LogP contribution in [0.4, 0.5) is 10.2 Å². The van der Waals surface area contributed by atoms with E-state index in [0.29, 0.717) is 67.0 Å². The first-order valence-electron chi connectivity index (χ1n) is 8.64. The molecule has 9 heteroatoms. The molecule has 1 aliphatic carbocycles. The van der Waals surface area contributed by atoms with Gasteiger partial charge in [0.05, 0.1) is 22.5 Å². The molecule has 7 nitrogen and oxygen atoms in total. The van der Waals surface area contributed by atoms with Crippen molar-refractivity contribution in [3.63, 3.8) is 0 Å². The van der Waals surface area contributed by atoms with Crippen LogP contribution in [-0.2, 0) is 0 Å². The third kappa shape index (κ3) is 2.98. The Labute approximate surface area is 154 Å². The summed E-state index contributed by atoms with van der Waals surface area (Å²) in [7, 11) is 0. The van der Waals surface area contributed by atoms with E-state index in [9.17, 15) is 9.50 Å². The van der Waals surface area contributed by atoms with Crippen molar-refractivity contribution in [2.75, 3.05) is 24.5 Å². The predicted molar refractivity (Wildman–Crippen MR) is 98.3 cm³/mol. The standard InChI is InChI=1S/C17H20ClFN6O/c18-13-10(2-1-3-11(13)19)14-15-16(24-23-14)22-12(8-21-15)25-6-4-17(26,9-20)5-7-25/h3,8,26H,1-2,4-7,9,20H2,(H,22,23,24). The third-order valence-corrected chi connectivity index (χ3v) is 5.55. The Kier molecular flexibility index (Phi) is 4.42. The Morgan fingerprint density at radius 2 is 2.15 bits per heavy atom. The molecule has 2 aromatic rings. The number of nitrogens with zero attached hydrogens (tertiary/aromatic N) is 4. The van der Waals surface area contributed by atoms with Gasteiger partial charge in [-0.15, -0.1) is 0 Å². The van der Waals surface area contributed by atoms with Gasteiger partial charge in [-0.05, 0) is 31.8 Å². The zero-order valence-corrected chi connectivity index (χ0v) is 14.9. The first-order chi connectivity index (χ1) is 12.5. The number of anilines is 1. The quantitative estimate of drug-likeness (QED) is 0.756. The summed E-state index contributed by atoms with van der Waals surface area (Å²) in [5.74, 6) is 0.283. The van der Waals surface area contributed by atoms with Gasteiger partial charge in [0, 0.05) is 25.2 Å². The van der Waals surface area contributed by atoms with E-state index < -0.39 is 11.4 Å². The summed E-state index contributed by atoms with van der Waals surface area (Å²) in [5, 5.41) is 17.5. The van der Waals surface area contributed by atoms with E-state index in [-0.39, 0.29) is 11.6 Å². The Balaban J connectivity index is 1.63. The number of hydrogen-bond acceptors (Lipinski definition) is 6. The summed E-state index contributed by atoms with van der Waals surface area (Å²) in [6.45, 7) is 1.56. The number of H-pyrrole nitrogens is 1. The number of rotatable bonds is 3. The van der Waals surface area contributed by atoms with Crippen LogP contribution >= 0.6 is 11.6 Å². The molecular weight excluding hydrogens is 359 g/mol. The monoisotopic (exact) mass is 378 g/mol. The summed E-state index contributed by atoms with van der Waals surface area (Å²) < 4.78 is 13.8. The van der Waals surface area contributed by atoms with Gasteiger partial charge in [0.1, 0.15) is 17.2 Å². The van der Waals surface area contributed by atoms with E-state index >= 15 is 0 Å². The molecule has 138 valence electrons. The Morgan fingerprint density at radius 3 is 2.88 bits per heavy atom. The van der Waals surface area contributed by atoms with Crippen LogP contribution in [0.5, 0.6) is 0 Å². The topological polar surface area (TPSA) is 104 Å². The van der Waals surface area contributed by atoms with Crippen molar-refractivity contribution in [3.8, 4) is 0 Å². The number of fused-ring (bicyclic) bond motifs is 1. The average Bonchev–Trinajstić information content (AvgIpc) is 3.07. The Morgan fingerprint density at radius 1 is 1.38 bits per heavy atom. The predicted octanol–water partition coefficient (Wildman–Crippen LogP) is 2.24.